The maximum atomic E-state index is 15.5. The first kappa shape index (κ1) is 53.3. The van der Waals surface area contributed by atoms with Gasteiger partial charge in [-0.2, -0.15) is 5.10 Å². The standard InChI is InChI=1S/C55H65F2N11O6S/c1-34-51(75-33-61-34)36-12-10-35(11-13-36)26-60-53(72)47-25-40(69)30-67(47)54(73)52(55(2,3)4)64-48(70)9-6-16-58-49(71)32-65-17-14-39(15-18-65)68-29-38(27-62-68)46-28-59-45-8-5-7-41(50(45)63-46)37-23-43(56)42(44(57)24-37)31-66-19-21-74-22-20-66/h5,7-8,10-13,23-24,27-29,33,39-40,47,52,69H,6,9,14-22,25-26,30-32H2,1-4H3,(H,58,71)(H,60,72)(H,64,70)/t40-,47+,52?/m1/s1. The van der Waals surface area contributed by atoms with Crippen LogP contribution in [-0.4, -0.2) is 145 Å². The molecule has 9 rings (SSSR count). The Morgan fingerprint density at radius 2 is 1.64 bits per heavy atom. The summed E-state index contributed by atoms with van der Waals surface area (Å²) >= 11 is 1.57. The van der Waals surface area contributed by atoms with Gasteiger partial charge in [-0.05, 0) is 66.5 Å². The van der Waals surface area contributed by atoms with Crippen LogP contribution in [0, 0.1) is 24.0 Å². The molecule has 0 radical (unpaired) electrons. The summed E-state index contributed by atoms with van der Waals surface area (Å²) in [6, 6.07) is 14.2. The monoisotopic (exact) mass is 1050 g/mol. The van der Waals surface area contributed by atoms with Crippen LogP contribution in [0.4, 0.5) is 8.78 Å². The molecule has 0 bridgehead atoms. The Morgan fingerprint density at radius 1 is 0.893 bits per heavy atom. The maximum Gasteiger partial charge on any atom is 0.246 e. The summed E-state index contributed by atoms with van der Waals surface area (Å²) in [5, 5.41) is 24.0. The van der Waals surface area contributed by atoms with E-state index < -0.39 is 41.1 Å². The predicted octanol–water partition coefficient (Wildman–Crippen LogP) is 6.05. The van der Waals surface area contributed by atoms with Gasteiger partial charge in [0.25, 0.3) is 0 Å². The number of carbonyl (C=O) groups is 4. The largest absolute Gasteiger partial charge is 0.391 e. The van der Waals surface area contributed by atoms with Crippen molar-refractivity contribution in [2.75, 3.05) is 59.0 Å². The molecule has 396 valence electrons. The summed E-state index contributed by atoms with van der Waals surface area (Å²) < 4.78 is 38.2. The molecular formula is C55H65F2N11O6S. The van der Waals surface area contributed by atoms with Crippen molar-refractivity contribution in [3.8, 4) is 32.8 Å². The van der Waals surface area contributed by atoms with Gasteiger partial charge >= 0.3 is 0 Å². The number of aliphatic hydroxyl groups is 1. The minimum atomic E-state index is -0.957. The molecule has 6 aromatic rings. The third-order valence-corrected chi connectivity index (χ3v) is 15.3. The molecule has 6 heterocycles. The van der Waals surface area contributed by atoms with Gasteiger partial charge in [-0.25, -0.2) is 18.7 Å². The number of aliphatic hydroxyl groups excluding tert-OH is 1. The van der Waals surface area contributed by atoms with Gasteiger partial charge in [-0.3, -0.25) is 38.6 Å². The Labute approximate surface area is 439 Å². The van der Waals surface area contributed by atoms with Gasteiger partial charge in [0.2, 0.25) is 23.6 Å². The summed E-state index contributed by atoms with van der Waals surface area (Å²) in [5.41, 5.74) is 7.42. The van der Waals surface area contributed by atoms with E-state index in [1.807, 2.05) is 79.3 Å². The lowest BCUT2D eigenvalue weighted by Crippen LogP contribution is -2.57. The Balaban J connectivity index is 0.715. The first-order valence-corrected chi connectivity index (χ1v) is 26.6. The number of halogens is 2. The number of nitrogens with zero attached hydrogens (tertiary/aromatic N) is 8. The number of carbonyl (C=O) groups excluding carboxylic acids is 4. The van der Waals surface area contributed by atoms with Gasteiger partial charge in [0, 0.05) is 88.1 Å². The lowest BCUT2D eigenvalue weighted by Gasteiger charge is -2.35. The van der Waals surface area contributed by atoms with E-state index in [0.717, 1.165) is 40.1 Å². The van der Waals surface area contributed by atoms with E-state index in [1.54, 1.807) is 35.9 Å². The van der Waals surface area contributed by atoms with E-state index in [1.165, 1.54) is 17.0 Å². The number of nitrogens with one attached hydrogen (secondary N) is 3. The molecule has 0 saturated carbocycles. The minimum absolute atomic E-state index is 0.0245. The molecule has 3 aromatic carbocycles. The van der Waals surface area contributed by atoms with E-state index in [9.17, 15) is 24.3 Å². The average molecular weight is 1050 g/mol. The summed E-state index contributed by atoms with van der Waals surface area (Å²) in [5.74, 6) is -2.54. The van der Waals surface area contributed by atoms with E-state index >= 15 is 8.78 Å². The van der Waals surface area contributed by atoms with Gasteiger partial charge in [0.15, 0.2) is 0 Å². The van der Waals surface area contributed by atoms with Crippen molar-refractivity contribution in [2.24, 2.45) is 5.41 Å². The molecule has 75 heavy (non-hydrogen) atoms. The fourth-order valence-electron chi connectivity index (χ4n) is 10.1. The first-order valence-electron chi connectivity index (χ1n) is 25.7. The topological polar surface area (TPSA) is 200 Å². The molecule has 4 amide bonds. The Bertz CT molecular complexity index is 2980. The molecule has 3 fully saturated rings. The summed E-state index contributed by atoms with van der Waals surface area (Å²) in [6.45, 7) is 12.0. The highest BCUT2D eigenvalue weighted by Crippen LogP contribution is 2.33. The minimum Gasteiger partial charge on any atom is -0.391 e. The number of amides is 4. The number of benzene rings is 3. The molecule has 4 N–H and O–H groups in total. The summed E-state index contributed by atoms with van der Waals surface area (Å²) in [6.07, 6.45) is 6.50. The van der Waals surface area contributed by atoms with Gasteiger partial charge < -0.3 is 30.7 Å². The number of hydrogen-bond acceptors (Lipinski definition) is 13. The number of para-hydroxylation sites is 1. The van der Waals surface area contributed by atoms with E-state index in [0.29, 0.717) is 73.7 Å². The normalized spacial score (nSPS) is 18.3. The number of hydrogen-bond donors (Lipinski definition) is 4. The highest BCUT2D eigenvalue weighted by molar-refractivity contribution is 7.13. The fraction of sp³-hybridized carbons (Fsp3) is 0.455. The lowest BCUT2D eigenvalue weighted by atomic mass is 9.85. The highest BCUT2D eigenvalue weighted by Gasteiger charge is 2.44. The van der Waals surface area contributed by atoms with Gasteiger partial charge in [0.1, 0.15) is 23.7 Å². The summed E-state index contributed by atoms with van der Waals surface area (Å²) in [4.78, 5) is 74.3. The zero-order valence-electron chi connectivity index (χ0n) is 42.9. The molecule has 17 nitrogen and oxygen atoms in total. The number of rotatable bonds is 17. The second-order valence-electron chi connectivity index (χ2n) is 20.8. The zero-order chi connectivity index (χ0) is 52.8. The number of β-amino-alcohol motifs (C(OH)–C–C–N with tert-alkyl or cyclic N) is 1. The number of fused-ring (bicyclic) bond motifs is 1. The number of piperidine rings is 1. The van der Waals surface area contributed by atoms with Crippen LogP contribution in [0.25, 0.3) is 43.9 Å². The molecule has 3 saturated heterocycles. The van der Waals surface area contributed by atoms with E-state index in [-0.39, 0.29) is 74.9 Å². The average Bonchev–Trinajstić information content (AvgIpc) is 4.17. The Morgan fingerprint density at radius 3 is 2.35 bits per heavy atom. The van der Waals surface area contributed by atoms with Crippen molar-refractivity contribution >= 4 is 46.0 Å². The van der Waals surface area contributed by atoms with Crippen LogP contribution in [0.3, 0.4) is 0 Å². The Hall–Kier alpha value is -6.58. The second kappa shape index (κ2) is 23.5. The van der Waals surface area contributed by atoms with Crippen molar-refractivity contribution in [1.29, 1.82) is 0 Å². The molecule has 20 heteroatoms. The smallest absolute Gasteiger partial charge is 0.246 e. The number of aromatic nitrogens is 5. The van der Waals surface area contributed by atoms with E-state index in [2.05, 4.69) is 35.9 Å². The number of ether oxygens (including phenoxy) is 1. The number of morpholine rings is 1. The number of thiazole rings is 1. The molecular weight excluding hydrogens is 981 g/mol. The maximum absolute atomic E-state index is 15.5. The molecule has 3 aliphatic rings. The molecule has 1 unspecified atom stereocenters. The van der Waals surface area contributed by atoms with E-state index in [4.69, 9.17) is 9.72 Å². The van der Waals surface area contributed by atoms with Crippen LogP contribution in [0.2, 0.25) is 0 Å². The summed E-state index contributed by atoms with van der Waals surface area (Å²) in [7, 11) is 0. The molecule has 3 aliphatic heterocycles. The van der Waals surface area contributed by atoms with Crippen molar-refractivity contribution in [3.05, 3.63) is 107 Å². The lowest BCUT2D eigenvalue weighted by molar-refractivity contribution is -0.144. The van der Waals surface area contributed by atoms with Crippen LogP contribution in [-0.2, 0) is 37.0 Å². The fourth-order valence-corrected chi connectivity index (χ4v) is 10.9. The van der Waals surface area contributed by atoms with Crippen molar-refractivity contribution in [1.82, 2.24) is 55.4 Å². The zero-order valence-corrected chi connectivity index (χ0v) is 43.7. The predicted molar refractivity (Wildman–Crippen MR) is 281 cm³/mol. The Kier molecular flexibility index (Phi) is 16.7. The second-order valence-corrected chi connectivity index (χ2v) is 21.7. The molecule has 0 aliphatic carbocycles. The van der Waals surface area contributed by atoms with Crippen LogP contribution < -0.4 is 16.0 Å². The van der Waals surface area contributed by atoms with Gasteiger partial charge in [0.05, 0.1) is 77.1 Å². The third-order valence-electron chi connectivity index (χ3n) is 14.3. The van der Waals surface area contributed by atoms with Gasteiger partial charge in [-0.1, -0.05) is 57.2 Å². The van der Waals surface area contributed by atoms with Crippen molar-refractivity contribution in [3.63, 3.8) is 0 Å². The van der Waals surface area contributed by atoms with Crippen molar-refractivity contribution < 1.29 is 37.8 Å². The quantitative estimate of drug-likeness (QED) is 0.0774. The number of likely N-dealkylation sites (tertiary alicyclic amines) is 2. The molecule has 0 spiro atoms. The SMILES string of the molecule is Cc1ncsc1-c1ccc(CNC(=O)[C@@H]2C[C@@H](O)CN2C(=O)C(NC(=O)CCCNC(=O)CN2CCC(n3cc(-c4cnc5cccc(-c6cc(F)c(CN7CCOCC7)c(F)c6)c5n4)cn3)CC2)C(C)(C)C)cc1. The number of aryl methyl sites for hydroxylation is 1. The third kappa shape index (κ3) is 12.9. The van der Waals surface area contributed by atoms with Crippen LogP contribution in [0.15, 0.2) is 78.7 Å². The van der Waals surface area contributed by atoms with Crippen LogP contribution >= 0.6 is 11.3 Å². The van der Waals surface area contributed by atoms with Crippen LogP contribution in [0.5, 0.6) is 0 Å². The first-order chi connectivity index (χ1) is 36.1. The van der Waals surface area contributed by atoms with Gasteiger partial charge in [-0.15, -0.1) is 11.3 Å². The highest BCUT2D eigenvalue weighted by atomic mass is 32.1. The molecule has 3 aromatic heterocycles. The van der Waals surface area contributed by atoms with Crippen molar-refractivity contribution in [2.45, 2.75) is 97.1 Å². The molecule has 3 atom stereocenters. The van der Waals surface area contributed by atoms with Crippen LogP contribution in [0.1, 0.15) is 75.7 Å².